The number of carbonyl (C=O) groups is 2. The highest BCUT2D eigenvalue weighted by Crippen LogP contribution is 2.30. The molecule has 1 atom stereocenters. The van der Waals surface area contributed by atoms with Crippen LogP contribution in [0.4, 0.5) is 4.79 Å². The van der Waals surface area contributed by atoms with Crippen LogP contribution in [-0.4, -0.2) is 47.1 Å². The number of aromatic nitrogens is 2. The molecule has 0 saturated carbocycles. The van der Waals surface area contributed by atoms with Crippen molar-refractivity contribution in [2.75, 3.05) is 20.2 Å². The van der Waals surface area contributed by atoms with E-state index in [4.69, 9.17) is 0 Å². The molecule has 104 valence electrons. The predicted octanol–water partition coefficient (Wildman–Crippen LogP) is 1.19. The number of methoxy groups -OCH3 is 1. The number of H-pyrrole nitrogens is 1. The predicted molar refractivity (Wildman–Crippen MR) is 70.4 cm³/mol. The van der Waals surface area contributed by atoms with Gasteiger partial charge in [0, 0.05) is 6.54 Å². The van der Waals surface area contributed by atoms with Crippen molar-refractivity contribution in [2.45, 2.75) is 18.9 Å². The molecule has 8 heteroatoms. The second-order valence-electron chi connectivity index (χ2n) is 4.21. The molecule has 1 aliphatic heterocycles. The van der Waals surface area contributed by atoms with Crippen molar-refractivity contribution in [3.63, 3.8) is 0 Å². The summed E-state index contributed by atoms with van der Waals surface area (Å²) in [5.41, 5.74) is 0. The Morgan fingerprint density at radius 3 is 3.11 bits per heavy atom. The second-order valence-corrected chi connectivity index (χ2v) is 5.06. The van der Waals surface area contributed by atoms with E-state index in [9.17, 15) is 9.59 Å². The summed E-state index contributed by atoms with van der Waals surface area (Å²) in [4.78, 5) is 32.1. The number of nitrogens with zero attached hydrogens (tertiary/aromatic N) is 2. The Kier molecular flexibility index (Phi) is 4.41. The van der Waals surface area contributed by atoms with Crippen molar-refractivity contribution in [3.05, 3.63) is 16.6 Å². The van der Waals surface area contributed by atoms with E-state index in [0.29, 0.717) is 6.54 Å². The van der Waals surface area contributed by atoms with Crippen molar-refractivity contribution in [2.24, 2.45) is 0 Å². The van der Waals surface area contributed by atoms with Crippen LogP contribution in [-0.2, 0) is 9.53 Å². The standard InChI is InChI=1S/C11H15BrN4O3/c1-19-11(18)14-6-9(17)16-4-2-3-7(16)10-13-5-8(12)15-10/h5,7H,2-4,6H2,1H3,(H,13,15)(H,14,18). The Labute approximate surface area is 118 Å². The fraction of sp³-hybridized carbons (Fsp3) is 0.545. The van der Waals surface area contributed by atoms with Crippen LogP contribution in [0.25, 0.3) is 0 Å². The molecule has 2 heterocycles. The fourth-order valence-corrected chi connectivity index (χ4v) is 2.46. The number of rotatable bonds is 3. The Bertz CT molecular complexity index is 476. The van der Waals surface area contributed by atoms with Gasteiger partial charge < -0.3 is 19.9 Å². The van der Waals surface area contributed by atoms with Gasteiger partial charge in [0.1, 0.15) is 17.0 Å². The lowest BCUT2D eigenvalue weighted by molar-refractivity contribution is -0.131. The van der Waals surface area contributed by atoms with Crippen LogP contribution in [0, 0.1) is 0 Å². The summed E-state index contributed by atoms with van der Waals surface area (Å²) in [5, 5.41) is 2.39. The number of likely N-dealkylation sites (tertiary alicyclic amines) is 1. The number of imidazole rings is 1. The summed E-state index contributed by atoms with van der Waals surface area (Å²) < 4.78 is 5.22. The Hall–Kier alpha value is -1.57. The number of halogens is 1. The molecule has 2 rings (SSSR count). The lowest BCUT2D eigenvalue weighted by atomic mass is 10.2. The maximum absolute atomic E-state index is 12.1. The first-order valence-electron chi connectivity index (χ1n) is 5.93. The Balaban J connectivity index is 1.98. The summed E-state index contributed by atoms with van der Waals surface area (Å²) >= 11 is 3.30. The largest absolute Gasteiger partial charge is 0.453 e. The number of alkyl carbamates (subject to hydrolysis) is 1. The molecule has 0 bridgehead atoms. The van der Waals surface area contributed by atoms with Gasteiger partial charge in [0.25, 0.3) is 0 Å². The second kappa shape index (κ2) is 6.05. The summed E-state index contributed by atoms with van der Waals surface area (Å²) in [7, 11) is 1.26. The minimum Gasteiger partial charge on any atom is -0.453 e. The molecule has 1 aromatic rings. The molecule has 19 heavy (non-hydrogen) atoms. The van der Waals surface area contributed by atoms with E-state index in [0.717, 1.165) is 23.3 Å². The smallest absolute Gasteiger partial charge is 0.407 e. The zero-order valence-electron chi connectivity index (χ0n) is 10.5. The highest BCUT2D eigenvalue weighted by molar-refractivity contribution is 9.10. The van der Waals surface area contributed by atoms with Crippen LogP contribution in [0.15, 0.2) is 10.8 Å². The molecule has 0 spiro atoms. The van der Waals surface area contributed by atoms with Gasteiger partial charge in [0.15, 0.2) is 0 Å². The molecule has 0 radical (unpaired) electrons. The molecule has 1 aliphatic rings. The first kappa shape index (κ1) is 13.9. The number of hydrogen-bond donors (Lipinski definition) is 2. The maximum atomic E-state index is 12.1. The zero-order valence-corrected chi connectivity index (χ0v) is 12.1. The van der Waals surface area contributed by atoms with Gasteiger partial charge in [0.05, 0.1) is 19.3 Å². The van der Waals surface area contributed by atoms with E-state index in [-0.39, 0.29) is 18.5 Å². The molecular formula is C11H15BrN4O3. The first-order chi connectivity index (χ1) is 9.11. The molecule has 1 saturated heterocycles. The number of ether oxygens (including phenoxy) is 1. The molecule has 1 aromatic heterocycles. The topological polar surface area (TPSA) is 87.3 Å². The minimum atomic E-state index is -0.607. The van der Waals surface area contributed by atoms with E-state index in [1.165, 1.54) is 7.11 Å². The molecule has 7 nitrogen and oxygen atoms in total. The van der Waals surface area contributed by atoms with Crippen molar-refractivity contribution >= 4 is 27.9 Å². The molecule has 1 unspecified atom stereocenters. The number of hydrogen-bond acceptors (Lipinski definition) is 4. The highest BCUT2D eigenvalue weighted by Gasteiger charge is 2.31. The molecule has 0 aliphatic carbocycles. The van der Waals surface area contributed by atoms with Crippen molar-refractivity contribution in [3.8, 4) is 0 Å². The van der Waals surface area contributed by atoms with Crippen molar-refractivity contribution in [1.29, 1.82) is 0 Å². The fourth-order valence-electron chi connectivity index (χ4n) is 2.15. The number of nitrogens with one attached hydrogen (secondary N) is 2. The molecule has 2 N–H and O–H groups in total. The average molecular weight is 331 g/mol. The molecule has 1 fully saturated rings. The third-order valence-electron chi connectivity index (χ3n) is 3.02. The van der Waals surface area contributed by atoms with Crippen LogP contribution in [0.5, 0.6) is 0 Å². The normalized spacial score (nSPS) is 18.4. The first-order valence-corrected chi connectivity index (χ1v) is 6.73. The summed E-state index contributed by atoms with van der Waals surface area (Å²) in [5.74, 6) is 0.621. The van der Waals surface area contributed by atoms with Gasteiger partial charge >= 0.3 is 6.09 Å². The van der Waals surface area contributed by atoms with Gasteiger partial charge in [-0.15, -0.1) is 0 Å². The number of carbonyl (C=O) groups excluding carboxylic acids is 2. The Morgan fingerprint density at radius 1 is 1.68 bits per heavy atom. The lowest BCUT2D eigenvalue weighted by Crippen LogP contribution is -2.40. The minimum absolute atomic E-state index is 0.0572. The monoisotopic (exact) mass is 330 g/mol. The SMILES string of the molecule is COC(=O)NCC(=O)N1CCCC1c1ncc(Br)[nH]1. The molecular weight excluding hydrogens is 316 g/mol. The van der Waals surface area contributed by atoms with Gasteiger partial charge in [-0.25, -0.2) is 9.78 Å². The summed E-state index contributed by atoms with van der Waals surface area (Å²) in [6.07, 6.45) is 2.85. The van der Waals surface area contributed by atoms with Crippen molar-refractivity contribution in [1.82, 2.24) is 20.2 Å². The zero-order chi connectivity index (χ0) is 13.8. The van der Waals surface area contributed by atoms with E-state index in [2.05, 4.69) is 36.0 Å². The third-order valence-corrected chi connectivity index (χ3v) is 3.43. The van der Waals surface area contributed by atoms with Gasteiger partial charge in [0.2, 0.25) is 5.91 Å². The van der Waals surface area contributed by atoms with Crippen molar-refractivity contribution < 1.29 is 14.3 Å². The summed E-state index contributed by atoms with van der Waals surface area (Å²) in [6.45, 7) is 0.607. The van der Waals surface area contributed by atoms with Crippen LogP contribution < -0.4 is 5.32 Å². The van der Waals surface area contributed by atoms with E-state index in [1.54, 1.807) is 11.1 Å². The third kappa shape index (κ3) is 3.25. The molecule has 2 amide bonds. The molecule has 0 aromatic carbocycles. The van der Waals surface area contributed by atoms with Gasteiger partial charge in [-0.1, -0.05) is 0 Å². The van der Waals surface area contributed by atoms with E-state index in [1.807, 2.05) is 0 Å². The maximum Gasteiger partial charge on any atom is 0.407 e. The lowest BCUT2D eigenvalue weighted by Gasteiger charge is -2.23. The van der Waals surface area contributed by atoms with Crippen LogP contribution in [0.2, 0.25) is 0 Å². The van der Waals surface area contributed by atoms with Gasteiger partial charge in [-0.05, 0) is 28.8 Å². The average Bonchev–Trinajstić information content (AvgIpc) is 3.03. The van der Waals surface area contributed by atoms with Gasteiger partial charge in [-0.3, -0.25) is 4.79 Å². The van der Waals surface area contributed by atoms with Crippen LogP contribution >= 0.6 is 15.9 Å². The van der Waals surface area contributed by atoms with Crippen LogP contribution in [0.3, 0.4) is 0 Å². The highest BCUT2D eigenvalue weighted by atomic mass is 79.9. The van der Waals surface area contributed by atoms with E-state index >= 15 is 0 Å². The number of aromatic amines is 1. The quantitative estimate of drug-likeness (QED) is 0.871. The Morgan fingerprint density at radius 2 is 2.47 bits per heavy atom. The summed E-state index contributed by atoms with van der Waals surface area (Å²) in [6, 6.07) is -0.0572. The van der Waals surface area contributed by atoms with E-state index < -0.39 is 6.09 Å². The number of amides is 2. The van der Waals surface area contributed by atoms with Gasteiger partial charge in [-0.2, -0.15) is 0 Å². The van der Waals surface area contributed by atoms with Crippen LogP contribution in [0.1, 0.15) is 24.7 Å².